The van der Waals surface area contributed by atoms with Crippen molar-refractivity contribution in [3.8, 4) is 11.5 Å². The largest absolute Gasteiger partial charge is 0.497 e. The SMILES string of the molecule is CCCC1=C(C(=O)OCC)[C@@H](c2cc(OC)ccc2OC)n2c(s/c(=C/c3ccc(Sc4ccccc4)o3)c2=O)=N1. The monoisotopic (exact) mass is 590 g/mol. The highest BCUT2D eigenvalue weighted by atomic mass is 32.2. The van der Waals surface area contributed by atoms with Crippen LogP contribution in [-0.2, 0) is 9.53 Å². The molecule has 0 fully saturated rings. The van der Waals surface area contributed by atoms with Crippen molar-refractivity contribution in [1.82, 2.24) is 4.57 Å². The Labute approximate surface area is 245 Å². The number of furan rings is 1. The third-order valence-electron chi connectivity index (χ3n) is 6.46. The molecule has 0 saturated heterocycles. The molecule has 10 heteroatoms. The van der Waals surface area contributed by atoms with Crippen molar-refractivity contribution in [3.63, 3.8) is 0 Å². The summed E-state index contributed by atoms with van der Waals surface area (Å²) >= 11 is 2.75. The van der Waals surface area contributed by atoms with Crippen LogP contribution in [-0.4, -0.2) is 31.4 Å². The first-order valence-electron chi connectivity index (χ1n) is 13.2. The lowest BCUT2D eigenvalue weighted by atomic mass is 9.93. The number of aromatic nitrogens is 1. The molecule has 0 unspecified atom stereocenters. The Kier molecular flexibility index (Phi) is 8.80. The summed E-state index contributed by atoms with van der Waals surface area (Å²) in [5.74, 6) is 1.11. The van der Waals surface area contributed by atoms with Crippen molar-refractivity contribution in [2.45, 2.75) is 42.7 Å². The third-order valence-corrected chi connectivity index (χ3v) is 8.37. The predicted octanol–water partition coefficient (Wildman–Crippen LogP) is 5.34. The van der Waals surface area contributed by atoms with Crippen molar-refractivity contribution < 1.29 is 23.4 Å². The van der Waals surface area contributed by atoms with E-state index in [4.69, 9.17) is 23.6 Å². The molecular formula is C31H30N2O6S2. The summed E-state index contributed by atoms with van der Waals surface area (Å²) in [6.45, 7) is 3.96. The fourth-order valence-corrected chi connectivity index (χ4v) is 6.47. The van der Waals surface area contributed by atoms with Gasteiger partial charge in [-0.25, -0.2) is 9.79 Å². The molecular weight excluding hydrogens is 560 g/mol. The Morgan fingerprint density at radius 2 is 1.90 bits per heavy atom. The van der Waals surface area contributed by atoms with Crippen molar-refractivity contribution in [2.24, 2.45) is 4.99 Å². The van der Waals surface area contributed by atoms with Gasteiger partial charge in [-0.15, -0.1) is 0 Å². The number of carbonyl (C=O) groups is 1. The second-order valence-electron chi connectivity index (χ2n) is 9.09. The summed E-state index contributed by atoms with van der Waals surface area (Å²) in [4.78, 5) is 33.8. The molecule has 0 aliphatic carbocycles. The van der Waals surface area contributed by atoms with Gasteiger partial charge in [-0.3, -0.25) is 9.36 Å². The lowest BCUT2D eigenvalue weighted by Gasteiger charge is -2.27. The Morgan fingerprint density at radius 1 is 1.10 bits per heavy atom. The van der Waals surface area contributed by atoms with E-state index in [0.29, 0.717) is 54.9 Å². The summed E-state index contributed by atoms with van der Waals surface area (Å²) in [5.41, 5.74) is 1.22. The van der Waals surface area contributed by atoms with Gasteiger partial charge in [0, 0.05) is 16.5 Å². The van der Waals surface area contributed by atoms with Gasteiger partial charge >= 0.3 is 5.97 Å². The predicted molar refractivity (Wildman–Crippen MR) is 158 cm³/mol. The van der Waals surface area contributed by atoms with Crippen LogP contribution < -0.4 is 24.4 Å². The lowest BCUT2D eigenvalue weighted by molar-refractivity contribution is -0.139. The second kappa shape index (κ2) is 12.7. The van der Waals surface area contributed by atoms with Crippen LogP contribution in [0, 0.1) is 0 Å². The normalized spacial score (nSPS) is 14.9. The van der Waals surface area contributed by atoms with Gasteiger partial charge in [-0.1, -0.05) is 54.6 Å². The molecule has 0 radical (unpaired) electrons. The van der Waals surface area contributed by atoms with Crippen LogP contribution in [0.25, 0.3) is 6.08 Å². The average molecular weight is 591 g/mol. The van der Waals surface area contributed by atoms with E-state index in [9.17, 15) is 9.59 Å². The van der Waals surface area contributed by atoms with E-state index >= 15 is 0 Å². The minimum atomic E-state index is -0.820. The van der Waals surface area contributed by atoms with Crippen LogP contribution in [0.1, 0.15) is 44.1 Å². The van der Waals surface area contributed by atoms with Crippen LogP contribution >= 0.6 is 23.1 Å². The summed E-state index contributed by atoms with van der Waals surface area (Å²) in [5, 5.41) is 0.712. The van der Waals surface area contributed by atoms with E-state index < -0.39 is 12.0 Å². The molecule has 8 nitrogen and oxygen atoms in total. The number of rotatable bonds is 10. The maximum atomic E-state index is 14.0. The number of allylic oxidation sites excluding steroid dienone is 1. The molecule has 4 aromatic rings. The van der Waals surface area contributed by atoms with Crippen LogP contribution in [0.3, 0.4) is 0 Å². The zero-order valence-corrected chi connectivity index (χ0v) is 24.8. The Morgan fingerprint density at radius 3 is 2.61 bits per heavy atom. The molecule has 2 aromatic carbocycles. The molecule has 0 N–H and O–H groups in total. The minimum absolute atomic E-state index is 0.190. The van der Waals surface area contributed by atoms with E-state index in [2.05, 4.69) is 0 Å². The first-order valence-corrected chi connectivity index (χ1v) is 14.9. The topological polar surface area (TPSA) is 92.3 Å². The maximum absolute atomic E-state index is 14.0. The van der Waals surface area contributed by atoms with Gasteiger partial charge in [0.1, 0.15) is 23.3 Å². The van der Waals surface area contributed by atoms with Crippen molar-refractivity contribution in [2.75, 3.05) is 20.8 Å². The number of hydrogen-bond acceptors (Lipinski definition) is 9. The highest BCUT2D eigenvalue weighted by Gasteiger charge is 2.36. The maximum Gasteiger partial charge on any atom is 0.338 e. The van der Waals surface area contributed by atoms with Gasteiger partial charge in [0.2, 0.25) is 0 Å². The fourth-order valence-electron chi connectivity index (χ4n) is 4.67. The molecule has 5 rings (SSSR count). The average Bonchev–Trinajstić information content (AvgIpc) is 3.55. The van der Waals surface area contributed by atoms with Gasteiger partial charge in [-0.2, -0.15) is 0 Å². The molecule has 1 aliphatic heterocycles. The molecule has 212 valence electrons. The van der Waals surface area contributed by atoms with Crippen LogP contribution in [0.2, 0.25) is 0 Å². The number of nitrogens with zero attached hydrogens (tertiary/aromatic N) is 2. The summed E-state index contributed by atoms with van der Waals surface area (Å²) in [6, 6.07) is 18.1. The molecule has 0 amide bonds. The number of benzene rings is 2. The minimum Gasteiger partial charge on any atom is -0.497 e. The molecule has 2 aromatic heterocycles. The van der Waals surface area contributed by atoms with Crippen LogP contribution in [0.15, 0.2) is 96.1 Å². The molecule has 1 aliphatic rings. The van der Waals surface area contributed by atoms with Crippen molar-refractivity contribution in [1.29, 1.82) is 0 Å². The molecule has 0 bridgehead atoms. The summed E-state index contributed by atoms with van der Waals surface area (Å²) in [6.07, 6.45) is 3.01. The van der Waals surface area contributed by atoms with E-state index in [0.717, 1.165) is 11.3 Å². The summed E-state index contributed by atoms with van der Waals surface area (Å²) < 4.78 is 24.7. The van der Waals surface area contributed by atoms with Gasteiger partial charge in [0.05, 0.1) is 36.6 Å². The number of thiazole rings is 1. The molecule has 0 spiro atoms. The second-order valence-corrected chi connectivity index (χ2v) is 11.2. The van der Waals surface area contributed by atoms with Gasteiger partial charge in [-0.05, 0) is 55.8 Å². The van der Waals surface area contributed by atoms with Crippen molar-refractivity contribution in [3.05, 3.63) is 103 Å². The van der Waals surface area contributed by atoms with E-state index in [1.54, 1.807) is 50.0 Å². The number of hydrogen-bond donors (Lipinski definition) is 0. The van der Waals surface area contributed by atoms with Gasteiger partial charge < -0.3 is 18.6 Å². The van der Waals surface area contributed by atoms with E-state index in [-0.39, 0.29) is 12.2 Å². The smallest absolute Gasteiger partial charge is 0.338 e. The number of fused-ring (bicyclic) bond motifs is 1. The van der Waals surface area contributed by atoms with Gasteiger partial charge in [0.15, 0.2) is 9.89 Å². The Hall–Kier alpha value is -4.02. The van der Waals surface area contributed by atoms with Crippen LogP contribution in [0.5, 0.6) is 11.5 Å². The van der Waals surface area contributed by atoms with E-state index in [1.807, 2.05) is 49.4 Å². The third kappa shape index (κ3) is 5.89. The highest BCUT2D eigenvalue weighted by molar-refractivity contribution is 7.99. The Bertz CT molecular complexity index is 1770. The zero-order chi connectivity index (χ0) is 28.9. The zero-order valence-electron chi connectivity index (χ0n) is 23.2. The lowest BCUT2D eigenvalue weighted by Crippen LogP contribution is -2.40. The molecule has 0 saturated carbocycles. The number of carbonyl (C=O) groups excluding carboxylic acids is 1. The molecule has 41 heavy (non-hydrogen) atoms. The number of ether oxygens (including phenoxy) is 3. The van der Waals surface area contributed by atoms with E-state index in [1.165, 1.54) is 23.1 Å². The fraction of sp³-hybridized carbons (Fsp3) is 0.258. The first kappa shape index (κ1) is 28.5. The number of methoxy groups -OCH3 is 2. The summed E-state index contributed by atoms with van der Waals surface area (Å²) in [7, 11) is 3.12. The Balaban J connectivity index is 1.68. The van der Waals surface area contributed by atoms with Crippen LogP contribution in [0.4, 0.5) is 0 Å². The first-order chi connectivity index (χ1) is 20.0. The quantitative estimate of drug-likeness (QED) is 0.230. The number of esters is 1. The van der Waals surface area contributed by atoms with Crippen molar-refractivity contribution >= 4 is 35.1 Å². The standard InChI is InChI=1S/C31H30N2O6S2/c1-5-10-23-27(30(35)38-6-2)28(22-17-19(36-3)13-15-24(22)37-4)33-29(34)25(41-31(33)32-23)18-20-14-16-26(39-20)40-21-11-8-7-9-12-21/h7-9,11-18,28H,5-6,10H2,1-4H3/b25-18+/t28-/m1/s1. The molecule has 1 atom stereocenters. The molecule has 3 heterocycles. The highest BCUT2D eigenvalue weighted by Crippen LogP contribution is 2.38. The van der Waals surface area contributed by atoms with Gasteiger partial charge in [0.25, 0.3) is 5.56 Å².